The number of rotatable bonds is 7. The number of carbonyl (C=O) groups excluding carboxylic acids is 1. The van der Waals surface area contributed by atoms with Gasteiger partial charge in [-0.05, 0) is 63.4 Å². The largest absolute Gasteiger partial charge is 0.481 e. The molecule has 0 saturated carbocycles. The molecule has 2 rings (SSSR count). The molecule has 1 heterocycles. The van der Waals surface area contributed by atoms with Gasteiger partial charge < -0.3 is 14.8 Å². The van der Waals surface area contributed by atoms with Crippen LogP contribution in [0.25, 0.3) is 0 Å². The molecule has 1 aromatic carbocycles. The Balaban J connectivity index is 1.74. The summed E-state index contributed by atoms with van der Waals surface area (Å²) in [7, 11) is 0. The van der Waals surface area contributed by atoms with Crippen molar-refractivity contribution in [1.29, 1.82) is 0 Å². The zero-order valence-corrected chi connectivity index (χ0v) is 15.4. The molecule has 0 aliphatic carbocycles. The fourth-order valence-electron chi connectivity index (χ4n) is 2.85. The molecule has 1 atom stereocenters. The summed E-state index contributed by atoms with van der Waals surface area (Å²) < 4.78 is 11.2. The molecule has 1 unspecified atom stereocenters. The second kappa shape index (κ2) is 9.04. The Morgan fingerprint density at radius 3 is 2.71 bits per heavy atom. The minimum Gasteiger partial charge on any atom is -0.481 e. The lowest BCUT2D eigenvalue weighted by atomic mass is 10.1. The Morgan fingerprint density at radius 2 is 2.00 bits per heavy atom. The predicted molar refractivity (Wildman–Crippen MR) is 95.6 cm³/mol. The molecular formula is C19H30N2O3. The van der Waals surface area contributed by atoms with Crippen LogP contribution in [0.1, 0.15) is 30.0 Å². The van der Waals surface area contributed by atoms with Crippen LogP contribution in [0.3, 0.4) is 0 Å². The molecule has 1 N–H and O–H groups in total. The van der Waals surface area contributed by atoms with Crippen LogP contribution in [0, 0.1) is 20.8 Å². The van der Waals surface area contributed by atoms with Crippen molar-refractivity contribution in [2.24, 2.45) is 0 Å². The third kappa shape index (κ3) is 5.49. The summed E-state index contributed by atoms with van der Waals surface area (Å²) in [6.45, 7) is 13.2. The summed E-state index contributed by atoms with van der Waals surface area (Å²) in [5.41, 5.74) is 3.42. The third-order valence-corrected chi connectivity index (χ3v) is 4.49. The smallest absolute Gasteiger partial charge is 0.260 e. The second-order valence-electron chi connectivity index (χ2n) is 6.56. The van der Waals surface area contributed by atoms with E-state index in [0.717, 1.165) is 56.1 Å². The predicted octanol–water partition coefficient (Wildman–Crippen LogP) is 2.22. The van der Waals surface area contributed by atoms with E-state index in [1.165, 1.54) is 5.56 Å². The first kappa shape index (κ1) is 18.7. The Morgan fingerprint density at radius 1 is 1.29 bits per heavy atom. The second-order valence-corrected chi connectivity index (χ2v) is 6.56. The quantitative estimate of drug-likeness (QED) is 0.777. The maximum Gasteiger partial charge on any atom is 0.260 e. The molecular weight excluding hydrogens is 304 g/mol. The Bertz CT molecular complexity index is 554. The maximum absolute atomic E-state index is 12.2. The van der Waals surface area contributed by atoms with E-state index >= 15 is 0 Å². The highest BCUT2D eigenvalue weighted by atomic mass is 16.5. The van der Waals surface area contributed by atoms with Crippen LogP contribution in [0.15, 0.2) is 12.1 Å². The van der Waals surface area contributed by atoms with Crippen LogP contribution in [0.2, 0.25) is 0 Å². The van der Waals surface area contributed by atoms with Crippen LogP contribution in [-0.2, 0) is 9.53 Å². The van der Waals surface area contributed by atoms with Gasteiger partial charge in [-0.25, -0.2) is 0 Å². The van der Waals surface area contributed by atoms with Gasteiger partial charge in [-0.15, -0.1) is 0 Å². The number of carbonyl (C=O) groups is 1. The standard InChI is InChI=1S/C19H30N2O3/c1-14-12-15(2)16(3)18(13-14)24-17(4)19(22)20-6-5-7-21-8-10-23-11-9-21/h12-13,17H,5-11H2,1-4H3,(H,20,22). The summed E-state index contributed by atoms with van der Waals surface area (Å²) in [6.07, 6.45) is 0.453. The zero-order chi connectivity index (χ0) is 17.5. The van der Waals surface area contributed by atoms with Crippen molar-refractivity contribution in [2.45, 2.75) is 40.2 Å². The average molecular weight is 334 g/mol. The summed E-state index contributed by atoms with van der Waals surface area (Å²) in [6, 6.07) is 4.11. The minimum atomic E-state index is -0.492. The molecule has 5 heteroatoms. The normalized spacial score (nSPS) is 16.7. The van der Waals surface area contributed by atoms with Crippen LogP contribution in [-0.4, -0.2) is 56.3 Å². The Labute approximate surface area is 145 Å². The number of nitrogens with one attached hydrogen (secondary N) is 1. The van der Waals surface area contributed by atoms with Crippen LogP contribution in [0.4, 0.5) is 0 Å². The summed E-state index contributed by atoms with van der Waals surface area (Å²) in [4.78, 5) is 14.6. The van der Waals surface area contributed by atoms with E-state index < -0.39 is 6.10 Å². The lowest BCUT2D eigenvalue weighted by Crippen LogP contribution is -2.40. The first-order valence-electron chi connectivity index (χ1n) is 8.79. The van der Waals surface area contributed by atoms with E-state index in [0.29, 0.717) is 6.54 Å². The van der Waals surface area contributed by atoms with Crippen molar-refractivity contribution in [3.63, 3.8) is 0 Å². The minimum absolute atomic E-state index is 0.0597. The van der Waals surface area contributed by atoms with E-state index in [4.69, 9.17) is 9.47 Å². The van der Waals surface area contributed by atoms with Gasteiger partial charge in [-0.2, -0.15) is 0 Å². The number of morpholine rings is 1. The first-order chi connectivity index (χ1) is 11.5. The highest BCUT2D eigenvalue weighted by Crippen LogP contribution is 2.24. The molecule has 1 aliphatic rings. The van der Waals surface area contributed by atoms with Crippen LogP contribution in [0.5, 0.6) is 5.75 Å². The highest BCUT2D eigenvalue weighted by Gasteiger charge is 2.16. The van der Waals surface area contributed by atoms with Crippen molar-refractivity contribution in [3.05, 3.63) is 28.8 Å². The maximum atomic E-state index is 12.2. The van der Waals surface area contributed by atoms with Crippen molar-refractivity contribution in [2.75, 3.05) is 39.4 Å². The summed E-state index contributed by atoms with van der Waals surface area (Å²) >= 11 is 0. The van der Waals surface area contributed by atoms with E-state index in [9.17, 15) is 4.79 Å². The van der Waals surface area contributed by atoms with E-state index in [-0.39, 0.29) is 5.91 Å². The third-order valence-electron chi connectivity index (χ3n) is 4.49. The molecule has 1 aromatic rings. The molecule has 24 heavy (non-hydrogen) atoms. The Kier molecular flexibility index (Phi) is 7.06. The van der Waals surface area contributed by atoms with Crippen molar-refractivity contribution < 1.29 is 14.3 Å². The van der Waals surface area contributed by atoms with Gasteiger partial charge in [0.1, 0.15) is 5.75 Å². The van der Waals surface area contributed by atoms with Crippen molar-refractivity contribution >= 4 is 5.91 Å². The SMILES string of the molecule is Cc1cc(C)c(C)c(OC(C)C(=O)NCCCN2CCOCC2)c1. The van der Waals surface area contributed by atoms with Gasteiger partial charge in [-0.3, -0.25) is 9.69 Å². The number of amides is 1. The molecule has 0 bridgehead atoms. The molecule has 1 aliphatic heterocycles. The summed E-state index contributed by atoms with van der Waals surface area (Å²) in [5.74, 6) is 0.735. The first-order valence-corrected chi connectivity index (χ1v) is 8.79. The topological polar surface area (TPSA) is 50.8 Å². The Hall–Kier alpha value is -1.59. The molecule has 0 aromatic heterocycles. The van der Waals surface area contributed by atoms with Gasteiger partial charge in [-0.1, -0.05) is 6.07 Å². The van der Waals surface area contributed by atoms with Gasteiger partial charge in [0.2, 0.25) is 0 Å². The number of ether oxygens (including phenoxy) is 2. The van der Waals surface area contributed by atoms with Crippen LogP contribution >= 0.6 is 0 Å². The van der Waals surface area contributed by atoms with Gasteiger partial charge in [0.25, 0.3) is 5.91 Å². The zero-order valence-electron chi connectivity index (χ0n) is 15.4. The number of aryl methyl sites for hydroxylation is 2. The number of hydrogen-bond donors (Lipinski definition) is 1. The van der Waals surface area contributed by atoms with Gasteiger partial charge >= 0.3 is 0 Å². The van der Waals surface area contributed by atoms with Gasteiger partial charge in [0.15, 0.2) is 6.10 Å². The molecule has 1 fully saturated rings. The monoisotopic (exact) mass is 334 g/mol. The molecule has 1 amide bonds. The van der Waals surface area contributed by atoms with E-state index in [2.05, 4.69) is 23.2 Å². The van der Waals surface area contributed by atoms with Gasteiger partial charge in [0.05, 0.1) is 13.2 Å². The van der Waals surface area contributed by atoms with E-state index in [1.54, 1.807) is 6.92 Å². The molecule has 0 radical (unpaired) electrons. The van der Waals surface area contributed by atoms with Crippen molar-refractivity contribution in [1.82, 2.24) is 10.2 Å². The van der Waals surface area contributed by atoms with Crippen molar-refractivity contribution in [3.8, 4) is 5.75 Å². The fourth-order valence-corrected chi connectivity index (χ4v) is 2.85. The van der Waals surface area contributed by atoms with Crippen LogP contribution < -0.4 is 10.1 Å². The molecule has 134 valence electrons. The van der Waals surface area contributed by atoms with E-state index in [1.807, 2.05) is 19.9 Å². The number of hydrogen-bond acceptors (Lipinski definition) is 4. The lowest BCUT2D eigenvalue weighted by Gasteiger charge is -2.26. The molecule has 5 nitrogen and oxygen atoms in total. The lowest BCUT2D eigenvalue weighted by molar-refractivity contribution is -0.127. The average Bonchev–Trinajstić information content (AvgIpc) is 2.56. The summed E-state index contributed by atoms with van der Waals surface area (Å²) in [5, 5.41) is 2.97. The molecule has 1 saturated heterocycles. The van der Waals surface area contributed by atoms with Gasteiger partial charge in [0, 0.05) is 19.6 Å². The number of nitrogens with zero attached hydrogens (tertiary/aromatic N) is 1. The molecule has 0 spiro atoms. The fraction of sp³-hybridized carbons (Fsp3) is 0.632. The highest BCUT2D eigenvalue weighted by molar-refractivity contribution is 5.80. The number of benzene rings is 1.